The lowest BCUT2D eigenvalue weighted by atomic mass is 10.1. The first-order chi connectivity index (χ1) is 11.9. The third kappa shape index (κ3) is 3.31. The molecule has 0 spiro atoms. The highest BCUT2D eigenvalue weighted by molar-refractivity contribution is 7.80. The maximum atomic E-state index is 9.55. The minimum Gasteiger partial charge on any atom is -0.436 e. The average molecular weight is 353 g/mol. The van der Waals surface area contributed by atoms with Crippen LogP contribution in [0.2, 0.25) is 0 Å². The van der Waals surface area contributed by atoms with Gasteiger partial charge in [-0.05, 0) is 50.1 Å². The monoisotopic (exact) mass is 353 g/mol. The largest absolute Gasteiger partial charge is 0.436 e. The van der Waals surface area contributed by atoms with E-state index in [1.165, 1.54) is 5.56 Å². The summed E-state index contributed by atoms with van der Waals surface area (Å²) in [5.41, 5.74) is 11.8. The number of benzene rings is 1. The van der Waals surface area contributed by atoms with Gasteiger partial charge in [0.15, 0.2) is 5.58 Å². The molecule has 0 radical (unpaired) electrons. The van der Waals surface area contributed by atoms with Crippen LogP contribution in [0.1, 0.15) is 27.9 Å². The lowest BCUT2D eigenvalue weighted by Crippen LogP contribution is -2.21. The first-order valence-corrected chi connectivity index (χ1v) is 8.26. The van der Waals surface area contributed by atoms with Crippen molar-refractivity contribution >= 4 is 33.9 Å². The fourth-order valence-electron chi connectivity index (χ4n) is 2.59. The average Bonchev–Trinajstić information content (AvgIpc) is 2.58. The number of fused-ring (bicyclic) bond motifs is 1. The van der Waals surface area contributed by atoms with Gasteiger partial charge in [0.05, 0.1) is 23.6 Å². The van der Waals surface area contributed by atoms with Gasteiger partial charge in [-0.25, -0.2) is 4.99 Å². The van der Waals surface area contributed by atoms with E-state index in [0.717, 1.165) is 16.6 Å². The Bertz CT molecular complexity index is 1050. The molecule has 0 aliphatic carbocycles. The molecule has 128 valence electrons. The van der Waals surface area contributed by atoms with Crippen LogP contribution >= 0.6 is 12.2 Å². The summed E-state index contributed by atoms with van der Waals surface area (Å²) in [6, 6.07) is 7.71. The zero-order valence-corrected chi connectivity index (χ0v) is 15.1. The third-order valence-corrected chi connectivity index (χ3v) is 4.43. The Morgan fingerprint density at radius 3 is 2.64 bits per heavy atom. The Morgan fingerprint density at radius 1 is 1.24 bits per heavy atom. The van der Waals surface area contributed by atoms with Crippen molar-refractivity contribution in [2.24, 2.45) is 10.7 Å². The summed E-state index contributed by atoms with van der Waals surface area (Å²) in [4.78, 5) is 9.04. The van der Waals surface area contributed by atoms with Crippen molar-refractivity contribution in [2.45, 2.75) is 27.4 Å². The first kappa shape index (κ1) is 17.3. The molecule has 0 bridgehead atoms. The van der Waals surface area contributed by atoms with Crippen molar-refractivity contribution < 1.29 is 9.52 Å². The fourth-order valence-corrected chi connectivity index (χ4v) is 2.73. The zero-order valence-electron chi connectivity index (χ0n) is 14.3. The van der Waals surface area contributed by atoms with Crippen LogP contribution in [-0.2, 0) is 6.61 Å². The highest BCUT2D eigenvalue weighted by Gasteiger charge is 2.12. The predicted octanol–water partition coefficient (Wildman–Crippen LogP) is 3.11. The Morgan fingerprint density at radius 2 is 2.00 bits per heavy atom. The van der Waals surface area contributed by atoms with Crippen molar-refractivity contribution in [1.29, 1.82) is 0 Å². The highest BCUT2D eigenvalue weighted by Crippen LogP contribution is 2.22. The molecule has 0 saturated carbocycles. The van der Waals surface area contributed by atoms with E-state index in [-0.39, 0.29) is 11.6 Å². The molecule has 1 aromatic carbocycles. The Balaban J connectivity index is 2.35. The highest BCUT2D eigenvalue weighted by atomic mass is 32.1. The van der Waals surface area contributed by atoms with Gasteiger partial charge in [-0.1, -0.05) is 18.3 Å². The molecule has 0 saturated heterocycles. The summed E-state index contributed by atoms with van der Waals surface area (Å²) >= 11 is 5.17. The number of hydrogen-bond acceptors (Lipinski definition) is 5. The second-order valence-corrected chi connectivity index (χ2v) is 6.42. The van der Waals surface area contributed by atoms with E-state index < -0.39 is 0 Å². The third-order valence-electron chi connectivity index (χ3n) is 4.21. The van der Waals surface area contributed by atoms with Crippen molar-refractivity contribution in [3.63, 3.8) is 0 Å². The van der Waals surface area contributed by atoms with Crippen LogP contribution in [0.5, 0.6) is 0 Å². The fraction of sp³-hybridized carbons (Fsp3) is 0.211. The van der Waals surface area contributed by atoms with Crippen molar-refractivity contribution in [2.75, 3.05) is 0 Å². The van der Waals surface area contributed by atoms with Crippen LogP contribution in [-0.4, -0.2) is 15.1 Å². The summed E-state index contributed by atoms with van der Waals surface area (Å²) in [5, 5.41) is 10.3. The summed E-state index contributed by atoms with van der Waals surface area (Å²) < 4.78 is 5.99. The molecular weight excluding hydrogens is 334 g/mol. The predicted molar refractivity (Wildman–Crippen MR) is 102 cm³/mol. The second kappa shape index (κ2) is 6.74. The number of pyridine rings is 1. The van der Waals surface area contributed by atoms with E-state index in [1.807, 2.05) is 39.0 Å². The minimum atomic E-state index is -0.149. The van der Waals surface area contributed by atoms with Gasteiger partial charge < -0.3 is 15.3 Å². The van der Waals surface area contributed by atoms with Gasteiger partial charge in [-0.3, -0.25) is 4.98 Å². The van der Waals surface area contributed by atoms with Gasteiger partial charge in [0.1, 0.15) is 4.99 Å². The quantitative estimate of drug-likeness (QED) is 0.707. The van der Waals surface area contributed by atoms with Crippen LogP contribution in [0.4, 0.5) is 5.69 Å². The van der Waals surface area contributed by atoms with Crippen molar-refractivity contribution in [3.05, 3.63) is 64.0 Å². The zero-order chi connectivity index (χ0) is 18.1. The molecule has 5 nitrogen and oxygen atoms in total. The summed E-state index contributed by atoms with van der Waals surface area (Å²) in [6.45, 7) is 5.77. The van der Waals surface area contributed by atoms with Crippen molar-refractivity contribution in [3.8, 4) is 0 Å². The van der Waals surface area contributed by atoms with Gasteiger partial charge in [-0.15, -0.1) is 0 Å². The van der Waals surface area contributed by atoms with Gasteiger partial charge in [0.25, 0.3) is 0 Å². The number of thiocarbonyl (C=S) groups is 1. The number of rotatable bonds is 3. The van der Waals surface area contributed by atoms with E-state index in [2.05, 4.69) is 9.98 Å². The molecule has 3 aromatic rings. The number of nitrogens with two attached hydrogens (primary N) is 1. The summed E-state index contributed by atoms with van der Waals surface area (Å²) in [7, 11) is 0. The molecule has 2 aromatic heterocycles. The lowest BCUT2D eigenvalue weighted by Gasteiger charge is -2.08. The molecule has 6 heteroatoms. The van der Waals surface area contributed by atoms with Crippen LogP contribution in [0, 0.1) is 20.8 Å². The number of aliphatic hydroxyl groups is 1. The topological polar surface area (TPSA) is 84.6 Å². The first-order valence-electron chi connectivity index (χ1n) is 7.85. The molecule has 0 unspecified atom stereocenters. The Labute approximate surface area is 150 Å². The molecule has 3 N–H and O–H groups in total. The number of aryl methyl sites for hydroxylation is 3. The molecule has 25 heavy (non-hydrogen) atoms. The van der Waals surface area contributed by atoms with Crippen LogP contribution in [0.3, 0.4) is 0 Å². The second-order valence-electron chi connectivity index (χ2n) is 5.98. The molecular formula is C19H19N3O2S. The van der Waals surface area contributed by atoms with Gasteiger partial charge in [0.2, 0.25) is 5.55 Å². The molecule has 0 atom stereocenters. The van der Waals surface area contributed by atoms with Crippen molar-refractivity contribution in [1.82, 2.24) is 4.98 Å². The maximum absolute atomic E-state index is 9.55. The van der Waals surface area contributed by atoms with Gasteiger partial charge in [0, 0.05) is 17.1 Å². The van der Waals surface area contributed by atoms with E-state index in [4.69, 9.17) is 22.4 Å². The Hall–Kier alpha value is -2.57. The van der Waals surface area contributed by atoms with Gasteiger partial charge in [-0.2, -0.15) is 0 Å². The van der Waals surface area contributed by atoms with E-state index in [9.17, 15) is 5.11 Å². The summed E-state index contributed by atoms with van der Waals surface area (Å²) in [6.07, 6.45) is 1.62. The summed E-state index contributed by atoms with van der Waals surface area (Å²) in [5.74, 6) is 0. The SMILES string of the molecule is Cc1ccc(N=c2oc3c(C)ncc(CO)c3cc2C(N)=S)cc1C. The maximum Gasteiger partial charge on any atom is 0.230 e. The molecule has 2 heterocycles. The normalized spacial score (nSPS) is 11.9. The number of aromatic nitrogens is 1. The molecule has 0 fully saturated rings. The van der Waals surface area contributed by atoms with E-state index in [0.29, 0.717) is 28.0 Å². The molecule has 0 aliphatic heterocycles. The van der Waals surface area contributed by atoms with Gasteiger partial charge >= 0.3 is 0 Å². The van der Waals surface area contributed by atoms with Crippen LogP contribution < -0.4 is 11.3 Å². The Kier molecular flexibility index (Phi) is 4.65. The number of hydrogen-bond donors (Lipinski definition) is 2. The standard InChI is InChI=1S/C19H19N3O2S/c1-10-4-5-14(6-11(10)2)22-19-16(18(20)25)7-15-13(9-23)8-21-12(3)17(15)24-19/h4-8,23H,9H2,1-3H3,(H2,20,25). The smallest absolute Gasteiger partial charge is 0.230 e. The number of nitrogens with zero attached hydrogens (tertiary/aromatic N) is 2. The lowest BCUT2D eigenvalue weighted by molar-refractivity contribution is 0.282. The minimum absolute atomic E-state index is 0.149. The molecule has 0 amide bonds. The van der Waals surface area contributed by atoms with E-state index >= 15 is 0 Å². The number of aliphatic hydroxyl groups excluding tert-OH is 1. The van der Waals surface area contributed by atoms with Crippen LogP contribution in [0.15, 0.2) is 39.9 Å². The molecule has 0 aliphatic rings. The molecule has 3 rings (SSSR count). The van der Waals surface area contributed by atoms with E-state index in [1.54, 1.807) is 12.3 Å². The van der Waals surface area contributed by atoms with Crippen LogP contribution in [0.25, 0.3) is 11.0 Å².